The van der Waals surface area contributed by atoms with E-state index in [0.717, 1.165) is 19.3 Å². The number of benzene rings is 1. The zero-order valence-corrected chi connectivity index (χ0v) is 11.7. The number of halogens is 1. The second-order valence-corrected chi connectivity index (χ2v) is 4.76. The zero-order chi connectivity index (χ0) is 14.4. The first-order valence-corrected chi connectivity index (χ1v) is 7.02. The summed E-state index contributed by atoms with van der Waals surface area (Å²) in [6.07, 6.45) is 2.72. The van der Waals surface area contributed by atoms with E-state index >= 15 is 0 Å². The summed E-state index contributed by atoms with van der Waals surface area (Å²) in [5.74, 6) is -0.361. The summed E-state index contributed by atoms with van der Waals surface area (Å²) in [6.45, 7) is 3.06. The number of rotatable bonds is 6. The van der Waals surface area contributed by atoms with Crippen molar-refractivity contribution in [1.29, 1.82) is 0 Å². The Morgan fingerprint density at radius 2 is 2.30 bits per heavy atom. The average molecular weight is 282 g/mol. The highest BCUT2D eigenvalue weighted by Crippen LogP contribution is 2.15. The van der Waals surface area contributed by atoms with Gasteiger partial charge in [-0.2, -0.15) is 0 Å². The Bertz CT molecular complexity index is 424. The first-order valence-electron chi connectivity index (χ1n) is 7.02. The van der Waals surface area contributed by atoms with Crippen molar-refractivity contribution < 1.29 is 23.5 Å². The summed E-state index contributed by atoms with van der Waals surface area (Å²) in [5, 5.41) is 9.90. The fourth-order valence-electron chi connectivity index (χ4n) is 2.21. The van der Waals surface area contributed by atoms with Crippen molar-refractivity contribution in [3.05, 3.63) is 29.6 Å². The Balaban J connectivity index is 2.02. The molecule has 1 unspecified atom stereocenters. The Morgan fingerprint density at radius 1 is 1.45 bits per heavy atom. The van der Waals surface area contributed by atoms with Crippen molar-refractivity contribution in [3.8, 4) is 0 Å². The molecule has 0 amide bonds. The van der Waals surface area contributed by atoms with Crippen LogP contribution in [-0.2, 0) is 20.7 Å². The summed E-state index contributed by atoms with van der Waals surface area (Å²) in [7, 11) is -1.06. The predicted molar refractivity (Wildman–Crippen MR) is 74.0 cm³/mol. The molecule has 0 saturated carbocycles. The third kappa shape index (κ3) is 4.28. The van der Waals surface area contributed by atoms with Crippen LogP contribution in [-0.4, -0.2) is 31.6 Å². The van der Waals surface area contributed by atoms with Crippen molar-refractivity contribution in [2.45, 2.75) is 39.1 Å². The van der Waals surface area contributed by atoms with Crippen LogP contribution < -0.4 is 5.46 Å². The molecule has 0 spiro atoms. The third-order valence-electron chi connectivity index (χ3n) is 3.26. The van der Waals surface area contributed by atoms with Crippen molar-refractivity contribution in [3.63, 3.8) is 0 Å². The molecule has 1 aromatic rings. The Labute approximate surface area is 119 Å². The fraction of sp³-hybridized carbons (Fsp3) is 0.571. The van der Waals surface area contributed by atoms with Crippen LogP contribution in [0.1, 0.15) is 31.7 Å². The van der Waals surface area contributed by atoms with E-state index in [4.69, 9.17) is 14.1 Å². The molecular formula is C14H20BFO4. The predicted octanol–water partition coefficient (Wildman–Crippen LogP) is 1.59. The largest absolute Gasteiger partial charge is 0.491 e. The lowest BCUT2D eigenvalue weighted by Gasteiger charge is -2.23. The molecule has 2 rings (SSSR count). The molecule has 20 heavy (non-hydrogen) atoms. The molecule has 0 bridgehead atoms. The van der Waals surface area contributed by atoms with Gasteiger partial charge in [-0.1, -0.05) is 6.07 Å². The minimum Gasteiger partial charge on any atom is -0.423 e. The quantitative estimate of drug-likeness (QED) is 0.805. The van der Waals surface area contributed by atoms with Crippen molar-refractivity contribution in [2.24, 2.45) is 0 Å². The van der Waals surface area contributed by atoms with E-state index in [1.54, 1.807) is 6.92 Å². The highest BCUT2D eigenvalue weighted by Gasteiger charge is 2.21. The van der Waals surface area contributed by atoms with Crippen LogP contribution in [0.5, 0.6) is 0 Å². The first-order chi connectivity index (χ1) is 9.70. The van der Waals surface area contributed by atoms with Gasteiger partial charge in [0, 0.05) is 13.2 Å². The van der Waals surface area contributed by atoms with Gasteiger partial charge in [0.2, 0.25) is 0 Å². The lowest BCUT2D eigenvalue weighted by molar-refractivity contribution is -0.168. The molecule has 1 heterocycles. The second-order valence-electron chi connectivity index (χ2n) is 4.76. The topological polar surface area (TPSA) is 47.9 Å². The van der Waals surface area contributed by atoms with Gasteiger partial charge in [-0.05, 0) is 49.3 Å². The maximum Gasteiger partial charge on any atom is 0.491 e. The van der Waals surface area contributed by atoms with Crippen molar-refractivity contribution in [1.82, 2.24) is 0 Å². The lowest BCUT2D eigenvalue weighted by atomic mass is 9.76. The normalized spacial score (nSPS) is 19.1. The highest BCUT2D eigenvalue weighted by atomic mass is 19.1. The molecule has 1 fully saturated rings. The van der Waals surface area contributed by atoms with Crippen LogP contribution >= 0.6 is 0 Å². The molecule has 1 aromatic carbocycles. The standard InChI is InChI=1S/C14H20BFO4/c1-2-20-15(17)13-7-6-12(16)9-11(13)10-19-14-5-3-4-8-18-14/h6-7,9,14,17H,2-5,8,10H2,1H3. The van der Waals surface area contributed by atoms with Gasteiger partial charge in [-0.25, -0.2) is 4.39 Å². The SMILES string of the molecule is CCOB(O)c1ccc(F)cc1COC1CCCCO1. The van der Waals surface area contributed by atoms with Gasteiger partial charge in [-0.3, -0.25) is 0 Å². The molecule has 1 aliphatic rings. The van der Waals surface area contributed by atoms with Crippen LogP contribution in [0.25, 0.3) is 0 Å². The van der Waals surface area contributed by atoms with Crippen molar-refractivity contribution >= 4 is 12.6 Å². The first kappa shape index (κ1) is 15.4. The number of ether oxygens (including phenoxy) is 2. The van der Waals surface area contributed by atoms with Crippen LogP contribution in [0.15, 0.2) is 18.2 Å². The molecular weight excluding hydrogens is 262 g/mol. The monoisotopic (exact) mass is 282 g/mol. The van der Waals surface area contributed by atoms with E-state index in [-0.39, 0.29) is 18.7 Å². The van der Waals surface area contributed by atoms with E-state index in [1.807, 2.05) is 0 Å². The second kappa shape index (κ2) is 7.74. The van der Waals surface area contributed by atoms with Gasteiger partial charge in [0.15, 0.2) is 6.29 Å². The van der Waals surface area contributed by atoms with E-state index in [2.05, 4.69) is 0 Å². The summed E-state index contributed by atoms with van der Waals surface area (Å²) < 4.78 is 29.6. The fourth-order valence-corrected chi connectivity index (χ4v) is 2.21. The lowest BCUT2D eigenvalue weighted by Crippen LogP contribution is -2.37. The third-order valence-corrected chi connectivity index (χ3v) is 3.26. The van der Waals surface area contributed by atoms with Crippen LogP contribution in [0.2, 0.25) is 0 Å². The molecule has 1 N–H and O–H groups in total. The van der Waals surface area contributed by atoms with Gasteiger partial charge in [0.05, 0.1) is 6.61 Å². The Hall–Kier alpha value is -0.945. The smallest absolute Gasteiger partial charge is 0.423 e. The van der Waals surface area contributed by atoms with E-state index < -0.39 is 7.12 Å². The van der Waals surface area contributed by atoms with Crippen LogP contribution in [0.4, 0.5) is 4.39 Å². The molecule has 1 aliphatic heterocycles. The minimum atomic E-state index is -1.06. The average Bonchev–Trinajstić information content (AvgIpc) is 2.46. The van der Waals surface area contributed by atoms with Gasteiger partial charge >= 0.3 is 7.12 Å². The van der Waals surface area contributed by atoms with Gasteiger partial charge in [-0.15, -0.1) is 0 Å². The van der Waals surface area contributed by atoms with Gasteiger partial charge in [0.1, 0.15) is 5.82 Å². The maximum atomic E-state index is 13.4. The molecule has 0 aromatic heterocycles. The molecule has 0 aliphatic carbocycles. The summed E-state index contributed by atoms with van der Waals surface area (Å²) in [5.41, 5.74) is 1.11. The van der Waals surface area contributed by atoms with Gasteiger partial charge < -0.3 is 19.2 Å². The van der Waals surface area contributed by atoms with Crippen molar-refractivity contribution in [2.75, 3.05) is 13.2 Å². The van der Waals surface area contributed by atoms with Crippen LogP contribution in [0.3, 0.4) is 0 Å². The highest BCUT2D eigenvalue weighted by molar-refractivity contribution is 6.60. The minimum absolute atomic E-state index is 0.196. The van der Waals surface area contributed by atoms with Gasteiger partial charge in [0.25, 0.3) is 0 Å². The molecule has 0 radical (unpaired) electrons. The number of hydrogen-bond acceptors (Lipinski definition) is 4. The van der Waals surface area contributed by atoms with E-state index in [9.17, 15) is 9.41 Å². The molecule has 6 heteroatoms. The summed E-state index contributed by atoms with van der Waals surface area (Å²) in [4.78, 5) is 0. The van der Waals surface area contributed by atoms with Crippen LogP contribution in [0, 0.1) is 5.82 Å². The molecule has 1 saturated heterocycles. The maximum absolute atomic E-state index is 13.4. The zero-order valence-electron chi connectivity index (χ0n) is 11.7. The van der Waals surface area contributed by atoms with E-state index in [0.29, 0.717) is 24.2 Å². The number of hydrogen-bond donors (Lipinski definition) is 1. The molecule has 1 atom stereocenters. The summed E-state index contributed by atoms with van der Waals surface area (Å²) >= 11 is 0. The van der Waals surface area contributed by atoms with E-state index in [1.165, 1.54) is 18.2 Å². The summed E-state index contributed by atoms with van der Waals surface area (Å²) in [6, 6.07) is 4.19. The Morgan fingerprint density at radius 3 is 3.00 bits per heavy atom. The Kier molecular flexibility index (Phi) is 5.97. The molecule has 4 nitrogen and oxygen atoms in total. The molecule has 110 valence electrons.